The lowest BCUT2D eigenvalue weighted by atomic mass is 9.85. The van der Waals surface area contributed by atoms with E-state index < -0.39 is 11.1 Å². The molecule has 0 aliphatic rings. The van der Waals surface area contributed by atoms with Crippen LogP contribution in [0.4, 0.5) is 0 Å². The monoisotopic (exact) mass is 151 g/mol. The van der Waals surface area contributed by atoms with E-state index in [2.05, 4.69) is 0 Å². The van der Waals surface area contributed by atoms with Crippen LogP contribution >= 0.6 is 11.6 Å². The van der Waals surface area contributed by atoms with Gasteiger partial charge in [0.25, 0.3) is 0 Å². The van der Waals surface area contributed by atoms with Crippen LogP contribution < -0.4 is 5.73 Å². The molecule has 9 heavy (non-hydrogen) atoms. The quantitative estimate of drug-likeness (QED) is 0.456. The summed E-state index contributed by atoms with van der Waals surface area (Å²) in [7, 11) is 0. The molecule has 0 aromatic rings. The fraction of sp³-hybridized carbons (Fsp3) is 1.00. The number of hydrogen-bond donors (Lipinski definition) is 2. The summed E-state index contributed by atoms with van der Waals surface area (Å²) in [5.41, 5.74) is 3.79. The highest BCUT2D eigenvalue weighted by molar-refractivity contribution is 6.18. The number of alkyl halides is 1. The SMILES string of the molecule is CC(N)(O)C(C)(C)CCl. The first-order valence-electron chi connectivity index (χ1n) is 2.88. The number of hydrogen-bond acceptors (Lipinski definition) is 2. The van der Waals surface area contributed by atoms with Crippen LogP contribution in [-0.4, -0.2) is 16.7 Å². The number of halogens is 1. The summed E-state index contributed by atoms with van der Waals surface area (Å²) in [6.07, 6.45) is 0. The average Bonchev–Trinajstić information content (AvgIpc) is 1.64. The Hall–Kier alpha value is 0.210. The first-order chi connectivity index (χ1) is 3.81. The summed E-state index contributed by atoms with van der Waals surface area (Å²) >= 11 is 5.54. The van der Waals surface area contributed by atoms with Crippen molar-refractivity contribution < 1.29 is 5.11 Å². The molecule has 0 fully saturated rings. The van der Waals surface area contributed by atoms with Gasteiger partial charge in [-0.25, -0.2) is 0 Å². The zero-order valence-electron chi connectivity index (χ0n) is 6.11. The van der Waals surface area contributed by atoms with Crippen molar-refractivity contribution in [3.63, 3.8) is 0 Å². The van der Waals surface area contributed by atoms with Crippen LogP contribution in [0, 0.1) is 5.41 Å². The maximum atomic E-state index is 9.24. The van der Waals surface area contributed by atoms with Crippen molar-refractivity contribution in [2.24, 2.45) is 11.1 Å². The highest BCUT2D eigenvalue weighted by Gasteiger charge is 2.34. The van der Waals surface area contributed by atoms with Gasteiger partial charge in [-0.15, -0.1) is 11.6 Å². The van der Waals surface area contributed by atoms with Gasteiger partial charge < -0.3 is 10.8 Å². The van der Waals surface area contributed by atoms with Crippen LogP contribution in [-0.2, 0) is 0 Å². The topological polar surface area (TPSA) is 46.2 Å². The molecule has 1 unspecified atom stereocenters. The zero-order chi connectivity index (χ0) is 7.71. The molecule has 56 valence electrons. The predicted molar refractivity (Wildman–Crippen MR) is 39.3 cm³/mol. The van der Waals surface area contributed by atoms with E-state index in [0.29, 0.717) is 5.88 Å². The first kappa shape index (κ1) is 9.21. The van der Waals surface area contributed by atoms with Gasteiger partial charge in [-0.05, 0) is 6.92 Å². The van der Waals surface area contributed by atoms with Crippen LogP contribution in [0.25, 0.3) is 0 Å². The molecule has 3 heteroatoms. The second-order valence-electron chi connectivity index (χ2n) is 3.17. The molecule has 3 N–H and O–H groups in total. The number of aliphatic hydroxyl groups is 1. The third-order valence-corrected chi connectivity index (χ3v) is 2.37. The Morgan fingerprint density at radius 2 is 1.78 bits per heavy atom. The fourth-order valence-electron chi connectivity index (χ4n) is 0.135. The molecule has 0 rings (SSSR count). The lowest BCUT2D eigenvalue weighted by Crippen LogP contribution is -2.51. The van der Waals surface area contributed by atoms with E-state index in [1.54, 1.807) is 6.92 Å². The molecule has 0 aliphatic carbocycles. The molecule has 0 saturated heterocycles. The molecular formula is C6H14ClNO. The molecule has 2 nitrogen and oxygen atoms in total. The van der Waals surface area contributed by atoms with Crippen molar-refractivity contribution in [2.45, 2.75) is 26.5 Å². The van der Waals surface area contributed by atoms with Crippen LogP contribution in [0.1, 0.15) is 20.8 Å². The van der Waals surface area contributed by atoms with Gasteiger partial charge in [-0.1, -0.05) is 13.8 Å². The second-order valence-corrected chi connectivity index (χ2v) is 3.43. The van der Waals surface area contributed by atoms with Crippen LogP contribution in [0.15, 0.2) is 0 Å². The number of nitrogens with two attached hydrogens (primary N) is 1. The van der Waals surface area contributed by atoms with Gasteiger partial charge in [0.15, 0.2) is 0 Å². The summed E-state index contributed by atoms with van der Waals surface area (Å²) < 4.78 is 0. The Balaban J connectivity index is 4.14. The average molecular weight is 152 g/mol. The molecule has 1 atom stereocenters. The third-order valence-electron chi connectivity index (χ3n) is 1.70. The van der Waals surface area contributed by atoms with Gasteiger partial charge in [-0.3, -0.25) is 0 Å². The van der Waals surface area contributed by atoms with Gasteiger partial charge in [0.05, 0.1) is 0 Å². The first-order valence-corrected chi connectivity index (χ1v) is 3.42. The van der Waals surface area contributed by atoms with E-state index in [9.17, 15) is 5.11 Å². The van der Waals surface area contributed by atoms with E-state index in [1.165, 1.54) is 0 Å². The molecule has 0 aromatic heterocycles. The number of rotatable bonds is 2. The molecule has 0 amide bonds. The van der Waals surface area contributed by atoms with Crippen LogP contribution in [0.2, 0.25) is 0 Å². The van der Waals surface area contributed by atoms with Crippen LogP contribution in [0.5, 0.6) is 0 Å². The van der Waals surface area contributed by atoms with Crippen LogP contribution in [0.3, 0.4) is 0 Å². The van der Waals surface area contributed by atoms with E-state index in [4.69, 9.17) is 17.3 Å². The van der Waals surface area contributed by atoms with Gasteiger partial charge in [-0.2, -0.15) is 0 Å². The smallest absolute Gasteiger partial charge is 0.116 e. The van der Waals surface area contributed by atoms with E-state index in [0.717, 1.165) is 0 Å². The maximum absolute atomic E-state index is 9.24. The summed E-state index contributed by atoms with van der Waals surface area (Å²) in [5.74, 6) is 0.358. The Bertz CT molecular complexity index is 95.7. The van der Waals surface area contributed by atoms with Crippen molar-refractivity contribution in [3.05, 3.63) is 0 Å². The van der Waals surface area contributed by atoms with Gasteiger partial charge >= 0.3 is 0 Å². The van der Waals surface area contributed by atoms with Crippen molar-refractivity contribution in [1.29, 1.82) is 0 Å². The van der Waals surface area contributed by atoms with E-state index in [-0.39, 0.29) is 0 Å². The third kappa shape index (κ3) is 2.12. The Morgan fingerprint density at radius 1 is 1.44 bits per heavy atom. The second kappa shape index (κ2) is 2.45. The minimum Gasteiger partial charge on any atom is -0.376 e. The molecule has 0 spiro atoms. The van der Waals surface area contributed by atoms with Gasteiger partial charge in [0.1, 0.15) is 5.72 Å². The van der Waals surface area contributed by atoms with E-state index >= 15 is 0 Å². The molecule has 0 aromatic carbocycles. The molecule has 0 bridgehead atoms. The molecule has 0 radical (unpaired) electrons. The Labute approximate surface area is 61.0 Å². The Kier molecular flexibility index (Phi) is 2.50. The zero-order valence-corrected chi connectivity index (χ0v) is 6.87. The summed E-state index contributed by atoms with van der Waals surface area (Å²) in [5, 5.41) is 9.24. The molecule has 0 aliphatic heterocycles. The van der Waals surface area contributed by atoms with Crippen molar-refractivity contribution in [3.8, 4) is 0 Å². The van der Waals surface area contributed by atoms with Crippen molar-refractivity contribution >= 4 is 11.6 Å². The molecule has 0 heterocycles. The van der Waals surface area contributed by atoms with Crippen molar-refractivity contribution in [2.75, 3.05) is 5.88 Å². The lowest BCUT2D eigenvalue weighted by molar-refractivity contribution is -0.0333. The highest BCUT2D eigenvalue weighted by atomic mass is 35.5. The minimum absolute atomic E-state index is 0.358. The van der Waals surface area contributed by atoms with Gasteiger partial charge in [0.2, 0.25) is 0 Å². The Morgan fingerprint density at radius 3 is 1.78 bits per heavy atom. The molecular weight excluding hydrogens is 138 g/mol. The standard InChI is InChI=1S/C6H14ClNO/c1-5(2,4-7)6(3,8)9/h9H,4,8H2,1-3H3. The largest absolute Gasteiger partial charge is 0.376 e. The fourth-order valence-corrected chi connectivity index (χ4v) is 0.406. The summed E-state index contributed by atoms with van der Waals surface area (Å²) in [4.78, 5) is 0. The molecule has 0 saturated carbocycles. The summed E-state index contributed by atoms with van der Waals surface area (Å²) in [6, 6.07) is 0. The lowest BCUT2D eigenvalue weighted by Gasteiger charge is -2.34. The normalized spacial score (nSPS) is 19.3. The minimum atomic E-state index is -1.19. The summed E-state index contributed by atoms with van der Waals surface area (Å²) in [6.45, 7) is 5.19. The highest BCUT2D eigenvalue weighted by Crippen LogP contribution is 2.27. The maximum Gasteiger partial charge on any atom is 0.116 e. The van der Waals surface area contributed by atoms with E-state index in [1.807, 2.05) is 13.8 Å². The van der Waals surface area contributed by atoms with Crippen molar-refractivity contribution in [1.82, 2.24) is 0 Å². The van der Waals surface area contributed by atoms with Gasteiger partial charge in [0, 0.05) is 11.3 Å². The predicted octanol–water partition coefficient (Wildman–Crippen LogP) is 0.919.